The lowest BCUT2D eigenvalue weighted by Crippen LogP contribution is -2.58. The number of nitrogens with one attached hydrogen (secondary N) is 3. The summed E-state index contributed by atoms with van der Waals surface area (Å²) in [5.41, 5.74) is 5.73. The molecular weight excluding hydrogens is 360 g/mol. The van der Waals surface area contributed by atoms with E-state index >= 15 is 0 Å². The molecule has 0 saturated carbocycles. The second-order valence-electron chi connectivity index (χ2n) is 6.78. The molecule has 0 aliphatic heterocycles. The number of amides is 3. The van der Waals surface area contributed by atoms with Gasteiger partial charge in [-0.05, 0) is 26.2 Å². The molecule has 5 atom stereocenters. The van der Waals surface area contributed by atoms with E-state index in [1.165, 1.54) is 13.8 Å². The molecule has 0 aliphatic rings. The van der Waals surface area contributed by atoms with Crippen LogP contribution in [0.5, 0.6) is 0 Å². The third-order valence-corrected chi connectivity index (χ3v) is 3.68. The quantitative estimate of drug-likeness (QED) is 0.198. The van der Waals surface area contributed by atoms with E-state index in [1.807, 2.05) is 19.2 Å². The van der Waals surface area contributed by atoms with Crippen molar-refractivity contribution in [2.45, 2.75) is 64.4 Å². The average molecular weight is 390 g/mol. The Labute approximate surface area is 157 Å². The van der Waals surface area contributed by atoms with Crippen LogP contribution in [0.4, 0.5) is 0 Å². The summed E-state index contributed by atoms with van der Waals surface area (Å²) in [6, 6.07) is -4.89. The Morgan fingerprint density at radius 3 is 1.89 bits per heavy atom. The van der Waals surface area contributed by atoms with E-state index in [-0.39, 0.29) is 5.92 Å². The molecule has 11 nitrogen and oxygen atoms in total. The number of hydrogen-bond acceptors (Lipinski definition) is 7. The van der Waals surface area contributed by atoms with Crippen LogP contribution >= 0.6 is 0 Å². The van der Waals surface area contributed by atoms with E-state index in [4.69, 9.17) is 10.8 Å². The van der Waals surface area contributed by atoms with E-state index in [0.717, 1.165) is 0 Å². The predicted molar refractivity (Wildman–Crippen MR) is 95.3 cm³/mol. The van der Waals surface area contributed by atoms with Gasteiger partial charge in [0.15, 0.2) is 6.04 Å². The first-order valence-corrected chi connectivity index (χ1v) is 8.59. The van der Waals surface area contributed by atoms with Crippen LogP contribution in [0, 0.1) is 5.92 Å². The molecule has 0 saturated heterocycles. The van der Waals surface area contributed by atoms with Crippen LogP contribution in [-0.2, 0) is 19.2 Å². The van der Waals surface area contributed by atoms with Gasteiger partial charge in [-0.2, -0.15) is 0 Å². The molecule has 0 aliphatic carbocycles. The summed E-state index contributed by atoms with van der Waals surface area (Å²) < 4.78 is 0. The largest absolute Gasteiger partial charge is 0.480 e. The number of hydrogen-bond donors (Lipinski definition) is 7. The zero-order chi connectivity index (χ0) is 21.3. The molecule has 0 bridgehead atoms. The van der Waals surface area contributed by atoms with E-state index in [9.17, 15) is 29.4 Å². The van der Waals surface area contributed by atoms with E-state index in [1.54, 1.807) is 0 Å². The first-order chi connectivity index (χ1) is 12.4. The number of aliphatic hydroxyl groups is 2. The summed E-state index contributed by atoms with van der Waals surface area (Å²) in [6.45, 7) is 5.52. The fourth-order valence-electron chi connectivity index (χ4n) is 2.13. The maximum atomic E-state index is 12.1. The van der Waals surface area contributed by atoms with Crippen LogP contribution in [0.25, 0.3) is 0 Å². The van der Waals surface area contributed by atoms with Crippen LogP contribution in [0.2, 0.25) is 0 Å². The van der Waals surface area contributed by atoms with E-state index < -0.39 is 60.6 Å². The highest BCUT2D eigenvalue weighted by Crippen LogP contribution is 2.03. The van der Waals surface area contributed by atoms with Gasteiger partial charge in [-0.15, -0.1) is 0 Å². The third kappa shape index (κ3) is 8.80. The van der Waals surface area contributed by atoms with Crippen molar-refractivity contribution < 1.29 is 34.5 Å². The highest BCUT2D eigenvalue weighted by atomic mass is 16.4. The van der Waals surface area contributed by atoms with Crippen LogP contribution in [-0.4, -0.2) is 75.9 Å². The lowest BCUT2D eigenvalue weighted by molar-refractivity contribution is -0.145. The number of aliphatic carboxylic acids is 1. The molecule has 0 heterocycles. The van der Waals surface area contributed by atoms with Crippen molar-refractivity contribution in [3.63, 3.8) is 0 Å². The smallest absolute Gasteiger partial charge is 0.328 e. The minimum atomic E-state index is -1.60. The van der Waals surface area contributed by atoms with Gasteiger partial charge in [-0.25, -0.2) is 4.79 Å². The number of nitrogens with two attached hydrogens (primary N) is 1. The van der Waals surface area contributed by atoms with Gasteiger partial charge in [-0.3, -0.25) is 14.4 Å². The first-order valence-electron chi connectivity index (χ1n) is 8.59. The van der Waals surface area contributed by atoms with Crippen molar-refractivity contribution in [3.05, 3.63) is 0 Å². The minimum Gasteiger partial charge on any atom is -0.480 e. The van der Waals surface area contributed by atoms with Gasteiger partial charge in [0.2, 0.25) is 17.7 Å². The van der Waals surface area contributed by atoms with Crippen LogP contribution in [0.1, 0.15) is 34.1 Å². The van der Waals surface area contributed by atoms with Crippen LogP contribution < -0.4 is 21.7 Å². The molecule has 0 aromatic rings. The lowest BCUT2D eigenvalue weighted by Gasteiger charge is -2.23. The number of rotatable bonds is 11. The maximum absolute atomic E-state index is 12.1. The number of carbonyl (C=O) groups excluding carboxylic acids is 3. The Kier molecular flexibility index (Phi) is 10.5. The van der Waals surface area contributed by atoms with Crippen molar-refractivity contribution in [3.8, 4) is 0 Å². The monoisotopic (exact) mass is 390 g/mol. The summed E-state index contributed by atoms with van der Waals surface area (Å²) in [6.07, 6.45) is -0.959. The second kappa shape index (κ2) is 11.5. The molecule has 0 rings (SSSR count). The summed E-state index contributed by atoms with van der Waals surface area (Å²) in [4.78, 5) is 47.1. The van der Waals surface area contributed by atoms with Crippen molar-refractivity contribution in [2.75, 3.05) is 6.61 Å². The third-order valence-electron chi connectivity index (χ3n) is 3.68. The molecule has 0 aromatic heterocycles. The number of carbonyl (C=O) groups is 4. The summed E-state index contributed by atoms with van der Waals surface area (Å²) in [7, 11) is 0. The molecule has 27 heavy (non-hydrogen) atoms. The Hall–Kier alpha value is -2.24. The SMILES string of the molecule is CC(C)CC(N)C(=O)NC(C)C(=O)NC(CO)C(=O)NC(C(=O)O)C(C)O. The van der Waals surface area contributed by atoms with Gasteiger partial charge in [0, 0.05) is 0 Å². The Bertz CT molecular complexity index is 539. The molecule has 3 amide bonds. The van der Waals surface area contributed by atoms with Crippen molar-refractivity contribution >= 4 is 23.7 Å². The first kappa shape index (κ1) is 24.8. The molecule has 11 heteroatoms. The van der Waals surface area contributed by atoms with Gasteiger partial charge in [0.25, 0.3) is 0 Å². The number of aliphatic hydroxyl groups excluding tert-OH is 2. The van der Waals surface area contributed by atoms with Crippen LogP contribution in [0.3, 0.4) is 0 Å². The fourth-order valence-corrected chi connectivity index (χ4v) is 2.13. The van der Waals surface area contributed by atoms with Crippen molar-refractivity contribution in [2.24, 2.45) is 11.7 Å². The Balaban J connectivity index is 4.80. The standard InChI is InChI=1S/C16H30N4O7/c1-7(2)5-10(17)14(24)18-8(3)13(23)19-11(6-21)15(25)20-12(9(4)22)16(26)27/h7-12,21-22H,5-6,17H2,1-4H3,(H,18,24)(H,19,23)(H,20,25)(H,26,27). The summed E-state index contributed by atoms with van der Waals surface area (Å²) in [5, 5.41) is 34.2. The number of carboxylic acids is 1. The Morgan fingerprint density at radius 1 is 0.926 bits per heavy atom. The molecule has 0 aromatic carbocycles. The zero-order valence-corrected chi connectivity index (χ0v) is 15.9. The second-order valence-corrected chi connectivity index (χ2v) is 6.78. The predicted octanol–water partition coefficient (Wildman–Crippen LogP) is -2.71. The molecule has 8 N–H and O–H groups in total. The normalized spacial score (nSPS) is 16.6. The van der Waals surface area contributed by atoms with Crippen LogP contribution in [0.15, 0.2) is 0 Å². The minimum absolute atomic E-state index is 0.188. The van der Waals surface area contributed by atoms with Gasteiger partial charge in [-0.1, -0.05) is 13.8 Å². The summed E-state index contributed by atoms with van der Waals surface area (Å²) in [5.74, 6) is -3.57. The highest BCUT2D eigenvalue weighted by Gasteiger charge is 2.30. The number of carboxylic acid groups (broad SMARTS) is 1. The molecule has 5 unspecified atom stereocenters. The van der Waals surface area contributed by atoms with Gasteiger partial charge in [0.05, 0.1) is 18.8 Å². The lowest BCUT2D eigenvalue weighted by atomic mass is 10.0. The van der Waals surface area contributed by atoms with Gasteiger partial charge < -0.3 is 37.0 Å². The maximum Gasteiger partial charge on any atom is 0.328 e. The average Bonchev–Trinajstić information content (AvgIpc) is 2.55. The molecule has 0 spiro atoms. The van der Waals surface area contributed by atoms with E-state index in [0.29, 0.717) is 6.42 Å². The molecule has 156 valence electrons. The molecule has 0 fully saturated rings. The van der Waals surface area contributed by atoms with Crippen molar-refractivity contribution in [1.82, 2.24) is 16.0 Å². The topological polar surface area (TPSA) is 191 Å². The fraction of sp³-hybridized carbons (Fsp3) is 0.750. The highest BCUT2D eigenvalue weighted by molar-refractivity contribution is 5.94. The zero-order valence-electron chi connectivity index (χ0n) is 15.9. The van der Waals surface area contributed by atoms with E-state index in [2.05, 4.69) is 10.6 Å². The van der Waals surface area contributed by atoms with Gasteiger partial charge in [0.1, 0.15) is 12.1 Å². The van der Waals surface area contributed by atoms with Gasteiger partial charge >= 0.3 is 5.97 Å². The molecular formula is C16H30N4O7. The Morgan fingerprint density at radius 2 is 1.48 bits per heavy atom. The molecule has 0 radical (unpaired) electrons. The summed E-state index contributed by atoms with van der Waals surface area (Å²) >= 11 is 0. The van der Waals surface area contributed by atoms with Crippen molar-refractivity contribution in [1.29, 1.82) is 0 Å².